The molecule has 1 aliphatic rings. The molecule has 0 aliphatic heterocycles. The summed E-state index contributed by atoms with van der Waals surface area (Å²) in [6, 6.07) is 0. The van der Waals surface area contributed by atoms with E-state index in [1.807, 2.05) is 0 Å². The van der Waals surface area contributed by atoms with Gasteiger partial charge in [-0.05, 0) is 43.6 Å². The zero-order chi connectivity index (χ0) is 13.6. The third kappa shape index (κ3) is 6.19. The van der Waals surface area contributed by atoms with Crippen molar-refractivity contribution in [3.05, 3.63) is 0 Å². The normalized spacial score (nSPS) is 19.6. The van der Waals surface area contributed by atoms with Gasteiger partial charge in [-0.3, -0.25) is 0 Å². The highest BCUT2D eigenvalue weighted by Crippen LogP contribution is 2.42. The molecular formula is C14H29NO2S. The van der Waals surface area contributed by atoms with E-state index >= 15 is 0 Å². The van der Waals surface area contributed by atoms with Crippen molar-refractivity contribution in [3.8, 4) is 0 Å². The van der Waals surface area contributed by atoms with Gasteiger partial charge in [0.05, 0.1) is 5.75 Å². The van der Waals surface area contributed by atoms with Crippen LogP contribution in [0.1, 0.15) is 52.4 Å². The van der Waals surface area contributed by atoms with Gasteiger partial charge in [0.1, 0.15) is 9.84 Å². The monoisotopic (exact) mass is 275 g/mol. The summed E-state index contributed by atoms with van der Waals surface area (Å²) in [5, 5.41) is 3.48. The summed E-state index contributed by atoms with van der Waals surface area (Å²) in [6.45, 7) is 6.48. The molecule has 0 atom stereocenters. The van der Waals surface area contributed by atoms with E-state index in [4.69, 9.17) is 0 Å². The van der Waals surface area contributed by atoms with Crippen molar-refractivity contribution in [2.75, 3.05) is 25.1 Å². The Morgan fingerprint density at radius 2 is 1.83 bits per heavy atom. The van der Waals surface area contributed by atoms with Gasteiger partial charge in [-0.2, -0.15) is 0 Å². The number of rotatable bonds is 8. The highest BCUT2D eigenvalue weighted by Gasteiger charge is 2.33. The van der Waals surface area contributed by atoms with Gasteiger partial charge in [0.2, 0.25) is 0 Å². The molecule has 1 aliphatic carbocycles. The minimum absolute atomic E-state index is 0.303. The van der Waals surface area contributed by atoms with Gasteiger partial charge in [-0.1, -0.05) is 26.7 Å². The van der Waals surface area contributed by atoms with Gasteiger partial charge >= 0.3 is 0 Å². The molecule has 4 heteroatoms. The molecule has 0 heterocycles. The van der Waals surface area contributed by atoms with E-state index in [9.17, 15) is 8.42 Å². The molecule has 0 amide bonds. The molecule has 1 N–H and O–H groups in total. The summed E-state index contributed by atoms with van der Waals surface area (Å²) in [4.78, 5) is 0. The van der Waals surface area contributed by atoms with Crippen LogP contribution in [0.5, 0.6) is 0 Å². The second-order valence-corrected chi connectivity index (χ2v) is 8.73. The first kappa shape index (κ1) is 16.0. The summed E-state index contributed by atoms with van der Waals surface area (Å²) in [5.74, 6) is 1.05. The Morgan fingerprint density at radius 3 is 2.33 bits per heavy atom. The molecule has 0 bridgehead atoms. The average Bonchev–Trinajstić information content (AvgIpc) is 2.63. The predicted octanol–water partition coefficient (Wildman–Crippen LogP) is 2.62. The summed E-state index contributed by atoms with van der Waals surface area (Å²) in [7, 11) is -2.80. The lowest BCUT2D eigenvalue weighted by atomic mass is 9.78. The minimum Gasteiger partial charge on any atom is -0.316 e. The van der Waals surface area contributed by atoms with Crippen LogP contribution in [0.4, 0.5) is 0 Å². The fourth-order valence-corrected chi connectivity index (χ4v) is 3.93. The highest BCUT2D eigenvalue weighted by molar-refractivity contribution is 7.90. The predicted molar refractivity (Wildman–Crippen MR) is 77.6 cm³/mol. The highest BCUT2D eigenvalue weighted by atomic mass is 32.2. The van der Waals surface area contributed by atoms with Gasteiger partial charge in [0.15, 0.2) is 0 Å². The molecule has 0 radical (unpaired) electrons. The average molecular weight is 275 g/mol. The van der Waals surface area contributed by atoms with Crippen molar-refractivity contribution in [3.63, 3.8) is 0 Å². The smallest absolute Gasteiger partial charge is 0.147 e. The largest absolute Gasteiger partial charge is 0.316 e. The summed E-state index contributed by atoms with van der Waals surface area (Å²) in [6.07, 6.45) is 8.73. The Morgan fingerprint density at radius 1 is 1.22 bits per heavy atom. The molecular weight excluding hydrogens is 246 g/mol. The van der Waals surface area contributed by atoms with E-state index in [0.29, 0.717) is 11.2 Å². The van der Waals surface area contributed by atoms with E-state index in [-0.39, 0.29) is 0 Å². The molecule has 0 aromatic heterocycles. The van der Waals surface area contributed by atoms with Gasteiger partial charge < -0.3 is 5.32 Å². The van der Waals surface area contributed by atoms with Crippen molar-refractivity contribution >= 4 is 9.84 Å². The van der Waals surface area contributed by atoms with Crippen LogP contribution >= 0.6 is 0 Å². The van der Waals surface area contributed by atoms with E-state index in [1.165, 1.54) is 38.4 Å². The van der Waals surface area contributed by atoms with Gasteiger partial charge in [-0.15, -0.1) is 0 Å². The summed E-state index contributed by atoms with van der Waals surface area (Å²) < 4.78 is 22.1. The number of hydrogen-bond acceptors (Lipinski definition) is 3. The first-order chi connectivity index (χ1) is 8.33. The number of nitrogens with one attached hydrogen (secondary N) is 1. The Labute approximate surface area is 113 Å². The van der Waals surface area contributed by atoms with Crippen LogP contribution in [-0.2, 0) is 9.84 Å². The fraction of sp³-hybridized carbons (Fsp3) is 1.00. The van der Waals surface area contributed by atoms with Crippen LogP contribution in [0.25, 0.3) is 0 Å². The summed E-state index contributed by atoms with van der Waals surface area (Å²) >= 11 is 0. The van der Waals surface area contributed by atoms with Crippen molar-refractivity contribution in [2.45, 2.75) is 52.4 Å². The van der Waals surface area contributed by atoms with Crippen LogP contribution in [0.3, 0.4) is 0 Å². The van der Waals surface area contributed by atoms with Crippen molar-refractivity contribution in [1.29, 1.82) is 0 Å². The summed E-state index contributed by atoms with van der Waals surface area (Å²) in [5.41, 5.74) is 0.485. The van der Waals surface area contributed by atoms with Gasteiger partial charge in [-0.25, -0.2) is 8.42 Å². The first-order valence-electron chi connectivity index (χ1n) is 7.21. The zero-order valence-electron chi connectivity index (χ0n) is 12.2. The molecule has 1 rings (SSSR count). The molecule has 0 aromatic rings. The van der Waals surface area contributed by atoms with Crippen LogP contribution in [0, 0.1) is 11.3 Å². The van der Waals surface area contributed by atoms with Crippen LogP contribution in [0.2, 0.25) is 0 Å². The zero-order valence-corrected chi connectivity index (χ0v) is 13.0. The molecule has 0 unspecified atom stereocenters. The molecule has 1 saturated carbocycles. The third-order valence-electron chi connectivity index (χ3n) is 3.87. The quantitative estimate of drug-likeness (QED) is 0.693. The number of sulfone groups is 1. The number of hydrogen-bond donors (Lipinski definition) is 1. The lowest BCUT2D eigenvalue weighted by Crippen LogP contribution is -2.34. The molecule has 18 heavy (non-hydrogen) atoms. The molecule has 108 valence electrons. The van der Waals surface area contributed by atoms with E-state index < -0.39 is 9.84 Å². The Balaban J connectivity index is 2.26. The maximum atomic E-state index is 11.0. The molecule has 0 spiro atoms. The van der Waals surface area contributed by atoms with Crippen molar-refractivity contribution in [1.82, 2.24) is 5.32 Å². The maximum absolute atomic E-state index is 11.0. The van der Waals surface area contributed by atoms with Crippen molar-refractivity contribution in [2.24, 2.45) is 11.3 Å². The van der Waals surface area contributed by atoms with Crippen LogP contribution < -0.4 is 5.32 Å². The second kappa shape index (κ2) is 6.90. The van der Waals surface area contributed by atoms with E-state index in [2.05, 4.69) is 19.2 Å². The molecule has 1 fully saturated rings. The topological polar surface area (TPSA) is 46.2 Å². The minimum atomic E-state index is -2.80. The Hall–Kier alpha value is -0.0900. The molecule has 0 aromatic carbocycles. The first-order valence-corrected chi connectivity index (χ1v) is 9.28. The fourth-order valence-electron chi connectivity index (χ4n) is 3.26. The third-order valence-corrected chi connectivity index (χ3v) is 4.90. The maximum Gasteiger partial charge on any atom is 0.147 e. The van der Waals surface area contributed by atoms with Crippen LogP contribution in [0.15, 0.2) is 0 Å². The van der Waals surface area contributed by atoms with E-state index in [1.54, 1.807) is 0 Å². The Kier molecular flexibility index (Phi) is 6.12. The van der Waals surface area contributed by atoms with Crippen molar-refractivity contribution < 1.29 is 8.42 Å². The van der Waals surface area contributed by atoms with Crippen LogP contribution in [-0.4, -0.2) is 33.5 Å². The lowest BCUT2D eigenvalue weighted by molar-refractivity contribution is 0.224. The van der Waals surface area contributed by atoms with E-state index in [0.717, 1.165) is 25.4 Å². The van der Waals surface area contributed by atoms with Gasteiger partial charge in [0, 0.05) is 12.8 Å². The molecule has 3 nitrogen and oxygen atoms in total. The lowest BCUT2D eigenvalue weighted by Gasteiger charge is -2.31. The second-order valence-electron chi connectivity index (χ2n) is 6.47. The standard InChI is InChI=1S/C14H29NO2S/c1-13(2)11-14(7-4-5-8-14)12-15-9-6-10-18(3,16)17/h13,15H,4-12H2,1-3H3. The SMILES string of the molecule is CC(C)CC1(CNCCCS(C)(=O)=O)CCCC1. The molecule has 0 saturated heterocycles. The van der Waals surface area contributed by atoms with Gasteiger partial charge in [0.25, 0.3) is 0 Å². The Bertz CT molecular complexity index is 330.